The van der Waals surface area contributed by atoms with E-state index in [2.05, 4.69) is 45.5 Å². The number of piperidine rings is 1. The van der Waals surface area contributed by atoms with Crippen molar-refractivity contribution < 1.29 is 0 Å². The molecule has 0 aliphatic carbocycles. The molecule has 4 nitrogen and oxygen atoms in total. The number of aromatic nitrogens is 2. The van der Waals surface area contributed by atoms with Crippen LogP contribution in [0.25, 0.3) is 0 Å². The molecule has 5 heteroatoms. The van der Waals surface area contributed by atoms with E-state index < -0.39 is 0 Å². The zero-order valence-corrected chi connectivity index (χ0v) is 16.6. The molecule has 3 aromatic rings. The maximum absolute atomic E-state index is 5.94. The average Bonchev–Trinajstić information content (AvgIpc) is 2.75. The third kappa shape index (κ3) is 5.02. The highest BCUT2D eigenvalue weighted by atomic mass is 35.5. The molecule has 0 amide bonds. The summed E-state index contributed by atoms with van der Waals surface area (Å²) in [4.78, 5) is 11.5. The van der Waals surface area contributed by atoms with Gasteiger partial charge in [-0.05, 0) is 54.5 Å². The van der Waals surface area contributed by atoms with E-state index in [1.54, 1.807) is 0 Å². The minimum absolute atomic E-state index is 0.715. The Morgan fingerprint density at radius 2 is 1.68 bits per heavy atom. The van der Waals surface area contributed by atoms with Crippen LogP contribution >= 0.6 is 11.6 Å². The Hall–Kier alpha value is -2.59. The second kappa shape index (κ2) is 9.07. The normalized spacial score (nSPS) is 14.8. The molecule has 1 aliphatic rings. The van der Waals surface area contributed by atoms with E-state index in [4.69, 9.17) is 16.6 Å². The Morgan fingerprint density at radius 1 is 0.929 bits per heavy atom. The summed E-state index contributed by atoms with van der Waals surface area (Å²) in [6.07, 6.45) is 5.36. The second-order valence-corrected chi connectivity index (χ2v) is 7.78. The Bertz CT molecular complexity index is 875. The minimum Gasteiger partial charge on any atom is -0.366 e. The molecule has 0 radical (unpaired) electrons. The minimum atomic E-state index is 0.715. The van der Waals surface area contributed by atoms with Crippen LogP contribution < -0.4 is 10.2 Å². The lowest BCUT2D eigenvalue weighted by molar-refractivity contribution is 0.400. The van der Waals surface area contributed by atoms with Crippen molar-refractivity contribution >= 4 is 23.4 Å². The monoisotopic (exact) mass is 392 g/mol. The van der Waals surface area contributed by atoms with E-state index in [1.807, 2.05) is 36.5 Å². The number of hydrogen-bond donors (Lipinski definition) is 1. The van der Waals surface area contributed by atoms with Crippen LogP contribution in [0.15, 0.2) is 66.9 Å². The molecule has 1 aliphatic heterocycles. The topological polar surface area (TPSA) is 41.1 Å². The van der Waals surface area contributed by atoms with Crippen LogP contribution in [0.3, 0.4) is 0 Å². The van der Waals surface area contributed by atoms with Crippen molar-refractivity contribution in [1.29, 1.82) is 0 Å². The average molecular weight is 393 g/mol. The second-order valence-electron chi connectivity index (χ2n) is 7.34. The van der Waals surface area contributed by atoms with Gasteiger partial charge in [-0.2, -0.15) is 4.98 Å². The molecule has 1 fully saturated rings. The van der Waals surface area contributed by atoms with Gasteiger partial charge < -0.3 is 10.2 Å². The smallest absolute Gasteiger partial charge is 0.227 e. The van der Waals surface area contributed by atoms with Gasteiger partial charge in [-0.25, -0.2) is 4.98 Å². The van der Waals surface area contributed by atoms with Gasteiger partial charge >= 0.3 is 0 Å². The predicted octanol–water partition coefficient (Wildman–Crippen LogP) is 5.20. The lowest BCUT2D eigenvalue weighted by Crippen LogP contribution is -2.35. The number of halogens is 1. The molecule has 1 aromatic heterocycles. The van der Waals surface area contributed by atoms with Crippen molar-refractivity contribution in [1.82, 2.24) is 9.97 Å². The summed E-state index contributed by atoms with van der Waals surface area (Å²) >= 11 is 5.94. The van der Waals surface area contributed by atoms with Crippen LogP contribution in [0, 0.1) is 5.92 Å². The van der Waals surface area contributed by atoms with Crippen LogP contribution in [-0.2, 0) is 13.0 Å². The summed E-state index contributed by atoms with van der Waals surface area (Å²) in [5.41, 5.74) is 2.61. The molecule has 2 heterocycles. The number of nitrogens with one attached hydrogen (secondary N) is 1. The van der Waals surface area contributed by atoms with Crippen molar-refractivity contribution in [3.63, 3.8) is 0 Å². The van der Waals surface area contributed by atoms with Crippen molar-refractivity contribution in [2.24, 2.45) is 5.92 Å². The van der Waals surface area contributed by atoms with Crippen LogP contribution in [0.4, 0.5) is 11.8 Å². The molecule has 0 bridgehead atoms. The maximum atomic E-state index is 5.94. The Labute approximate surface area is 171 Å². The zero-order chi connectivity index (χ0) is 19.2. The lowest BCUT2D eigenvalue weighted by atomic mass is 9.90. The quantitative estimate of drug-likeness (QED) is 0.625. The third-order valence-corrected chi connectivity index (χ3v) is 5.55. The Morgan fingerprint density at radius 3 is 2.43 bits per heavy atom. The highest BCUT2D eigenvalue weighted by Crippen LogP contribution is 2.24. The Balaban J connectivity index is 1.31. The van der Waals surface area contributed by atoms with Crippen molar-refractivity contribution in [2.45, 2.75) is 25.8 Å². The fraction of sp³-hybridized carbons (Fsp3) is 0.304. The fourth-order valence-corrected chi connectivity index (χ4v) is 3.80. The number of anilines is 2. The molecule has 1 N–H and O–H groups in total. The van der Waals surface area contributed by atoms with E-state index >= 15 is 0 Å². The number of nitrogens with zero attached hydrogens (tertiary/aromatic N) is 3. The summed E-state index contributed by atoms with van der Waals surface area (Å²) in [7, 11) is 0. The first-order chi connectivity index (χ1) is 13.8. The van der Waals surface area contributed by atoms with Gasteiger partial charge in [-0.15, -0.1) is 0 Å². The van der Waals surface area contributed by atoms with Gasteiger partial charge in [0.15, 0.2) is 0 Å². The van der Waals surface area contributed by atoms with Gasteiger partial charge in [0.05, 0.1) is 0 Å². The maximum Gasteiger partial charge on any atom is 0.227 e. The molecule has 1 saturated heterocycles. The largest absolute Gasteiger partial charge is 0.366 e. The van der Waals surface area contributed by atoms with E-state index in [0.717, 1.165) is 42.2 Å². The van der Waals surface area contributed by atoms with Crippen molar-refractivity contribution in [3.8, 4) is 0 Å². The van der Waals surface area contributed by atoms with Gasteiger partial charge in [-0.3, -0.25) is 0 Å². The molecule has 0 unspecified atom stereocenters. The van der Waals surface area contributed by atoms with Gasteiger partial charge in [0, 0.05) is 30.9 Å². The van der Waals surface area contributed by atoms with E-state index in [1.165, 1.54) is 24.0 Å². The summed E-state index contributed by atoms with van der Waals surface area (Å²) in [6, 6.07) is 20.6. The van der Waals surface area contributed by atoms with Crippen LogP contribution in [0.2, 0.25) is 5.02 Å². The van der Waals surface area contributed by atoms with Gasteiger partial charge in [0.25, 0.3) is 0 Å². The van der Waals surface area contributed by atoms with E-state index in [-0.39, 0.29) is 0 Å². The first-order valence-electron chi connectivity index (χ1n) is 9.86. The first kappa shape index (κ1) is 18.8. The van der Waals surface area contributed by atoms with E-state index in [9.17, 15) is 0 Å². The molecular weight excluding hydrogens is 368 g/mol. The van der Waals surface area contributed by atoms with Crippen molar-refractivity contribution in [2.75, 3.05) is 23.3 Å². The summed E-state index contributed by atoms with van der Waals surface area (Å²) in [5, 5.41) is 4.13. The number of benzene rings is 2. The lowest BCUT2D eigenvalue weighted by Gasteiger charge is -2.32. The molecule has 4 rings (SSSR count). The Kier molecular flexibility index (Phi) is 6.07. The molecule has 0 saturated carbocycles. The first-order valence-corrected chi connectivity index (χ1v) is 10.2. The van der Waals surface area contributed by atoms with Gasteiger partial charge in [-0.1, -0.05) is 54.1 Å². The van der Waals surface area contributed by atoms with Crippen LogP contribution in [0.1, 0.15) is 24.0 Å². The molecule has 0 atom stereocenters. The summed E-state index contributed by atoms with van der Waals surface area (Å²) < 4.78 is 0. The highest BCUT2D eigenvalue weighted by molar-refractivity contribution is 6.30. The molecule has 0 spiro atoms. The zero-order valence-electron chi connectivity index (χ0n) is 15.9. The van der Waals surface area contributed by atoms with Crippen LogP contribution in [-0.4, -0.2) is 23.1 Å². The highest BCUT2D eigenvalue weighted by Gasteiger charge is 2.21. The molecule has 144 valence electrons. The standard InChI is InChI=1S/C23H25ClN4/c24-21-8-6-20(7-9-21)17-26-22-10-13-25-23(27-22)28-14-11-19(12-15-28)16-18-4-2-1-3-5-18/h1-10,13,19H,11-12,14-17H2,(H,25,26,27). The summed E-state index contributed by atoms with van der Waals surface area (Å²) in [6.45, 7) is 2.74. The SMILES string of the molecule is Clc1ccc(CNc2ccnc(N3CCC(Cc4ccccc4)CC3)n2)cc1. The predicted molar refractivity (Wildman–Crippen MR) is 116 cm³/mol. The molecule has 28 heavy (non-hydrogen) atoms. The molecular formula is C23H25ClN4. The van der Waals surface area contributed by atoms with Gasteiger partial charge in [0.1, 0.15) is 5.82 Å². The number of rotatable bonds is 6. The molecule has 2 aromatic carbocycles. The van der Waals surface area contributed by atoms with Crippen molar-refractivity contribution in [3.05, 3.63) is 83.0 Å². The van der Waals surface area contributed by atoms with Gasteiger partial charge in [0.2, 0.25) is 5.95 Å². The fourth-order valence-electron chi connectivity index (χ4n) is 3.68. The van der Waals surface area contributed by atoms with E-state index in [0.29, 0.717) is 6.54 Å². The third-order valence-electron chi connectivity index (χ3n) is 5.29. The number of hydrogen-bond acceptors (Lipinski definition) is 4. The summed E-state index contributed by atoms with van der Waals surface area (Å²) in [5.74, 6) is 2.41. The van der Waals surface area contributed by atoms with Crippen LogP contribution in [0.5, 0.6) is 0 Å².